The van der Waals surface area contributed by atoms with E-state index in [0.717, 1.165) is 67.9 Å². The molecular weight excluding hydrogens is 400 g/mol. The van der Waals surface area contributed by atoms with Gasteiger partial charge in [-0.25, -0.2) is 0 Å². The lowest BCUT2D eigenvalue weighted by molar-refractivity contribution is 0.0807. The third-order valence-electron chi connectivity index (χ3n) is 6.30. The van der Waals surface area contributed by atoms with E-state index in [1.54, 1.807) is 0 Å². The van der Waals surface area contributed by atoms with E-state index in [-0.39, 0.29) is 6.10 Å². The third-order valence-corrected chi connectivity index (χ3v) is 6.30. The zero-order valence-electron chi connectivity index (χ0n) is 18.3. The maximum absolute atomic E-state index is 9.68. The number of hydrogen-bond acceptors (Lipinski definition) is 5. The van der Waals surface area contributed by atoms with E-state index >= 15 is 0 Å². The third kappa shape index (κ3) is 4.87. The van der Waals surface area contributed by atoms with Crippen LogP contribution in [0.4, 0.5) is 5.69 Å². The number of anilines is 1. The summed E-state index contributed by atoms with van der Waals surface area (Å²) in [5, 5.41) is 15.5. The van der Waals surface area contributed by atoms with Gasteiger partial charge in [-0.1, -0.05) is 30.3 Å². The van der Waals surface area contributed by atoms with Crippen LogP contribution in [-0.2, 0) is 17.9 Å². The van der Waals surface area contributed by atoms with Crippen molar-refractivity contribution >= 4 is 16.6 Å². The Balaban J connectivity index is 1.18. The Kier molecular flexibility index (Phi) is 6.23. The molecule has 166 valence electrons. The molecule has 0 unspecified atom stereocenters. The summed E-state index contributed by atoms with van der Waals surface area (Å²) in [5.74, 6) is 0.907. The predicted molar refractivity (Wildman–Crippen MR) is 127 cm³/mol. The van der Waals surface area contributed by atoms with E-state index in [4.69, 9.17) is 4.74 Å². The fourth-order valence-corrected chi connectivity index (χ4v) is 4.33. The summed E-state index contributed by atoms with van der Waals surface area (Å²) in [4.78, 5) is 4.63. The number of aliphatic hydroxyl groups excluding tert-OH is 1. The van der Waals surface area contributed by atoms with Crippen LogP contribution in [-0.4, -0.2) is 52.1 Å². The summed E-state index contributed by atoms with van der Waals surface area (Å²) >= 11 is 0. The fraction of sp³-hybridized carbons (Fsp3) is 0.346. The molecule has 0 radical (unpaired) electrons. The molecule has 1 fully saturated rings. The molecule has 0 bridgehead atoms. The van der Waals surface area contributed by atoms with Gasteiger partial charge in [-0.15, -0.1) is 0 Å². The van der Waals surface area contributed by atoms with Crippen LogP contribution < -0.4 is 4.90 Å². The monoisotopic (exact) mass is 430 g/mol. The number of rotatable bonds is 7. The molecule has 0 saturated carbocycles. The summed E-state index contributed by atoms with van der Waals surface area (Å²) in [6, 6.07) is 16.7. The molecule has 1 aromatic heterocycles. The normalized spacial score (nSPS) is 17.7. The zero-order valence-corrected chi connectivity index (χ0v) is 18.3. The molecule has 6 nitrogen and oxygen atoms in total. The molecule has 5 rings (SSSR count). The first-order chi connectivity index (χ1) is 15.7. The quantitative estimate of drug-likeness (QED) is 0.616. The number of likely N-dealkylation sites (tertiary alicyclic amines) is 1. The summed E-state index contributed by atoms with van der Waals surface area (Å²) in [6.45, 7) is 5.14. The molecule has 3 aromatic rings. The second-order valence-corrected chi connectivity index (χ2v) is 8.53. The van der Waals surface area contributed by atoms with E-state index in [1.807, 2.05) is 30.5 Å². The number of aromatic nitrogens is 2. The van der Waals surface area contributed by atoms with Gasteiger partial charge in [-0.05, 0) is 48.8 Å². The maximum atomic E-state index is 9.68. The van der Waals surface area contributed by atoms with Gasteiger partial charge < -0.3 is 19.6 Å². The molecule has 1 saturated heterocycles. The molecule has 2 aromatic carbocycles. The number of fused-ring (bicyclic) bond motifs is 1. The number of ether oxygens (including phenoxy) is 1. The highest BCUT2D eigenvalue weighted by Crippen LogP contribution is 2.25. The second-order valence-electron chi connectivity index (χ2n) is 8.53. The molecule has 0 amide bonds. The Morgan fingerprint density at radius 2 is 1.88 bits per heavy atom. The largest absolute Gasteiger partial charge is 0.489 e. The number of aliphatic hydroxyl groups is 1. The molecule has 1 N–H and O–H groups in total. The first-order valence-corrected chi connectivity index (χ1v) is 11.4. The fourth-order valence-electron chi connectivity index (χ4n) is 4.33. The van der Waals surface area contributed by atoms with Crippen molar-refractivity contribution < 1.29 is 9.84 Å². The SMILES string of the molecule is OC1CCN(CCn2ncc3cc(N4C=CC(OCc5ccccc5)=CC4)ccc32)CC1. The summed E-state index contributed by atoms with van der Waals surface area (Å²) in [6.07, 6.45) is 9.80. The zero-order chi connectivity index (χ0) is 21.8. The van der Waals surface area contributed by atoms with E-state index in [2.05, 4.69) is 62.2 Å². The van der Waals surface area contributed by atoms with Crippen LogP contribution in [0.5, 0.6) is 0 Å². The lowest BCUT2D eigenvalue weighted by Crippen LogP contribution is -2.37. The van der Waals surface area contributed by atoms with Crippen molar-refractivity contribution in [2.75, 3.05) is 31.1 Å². The number of piperidine rings is 1. The van der Waals surface area contributed by atoms with Gasteiger partial charge in [-0.2, -0.15) is 5.10 Å². The molecule has 6 heteroatoms. The van der Waals surface area contributed by atoms with Crippen molar-refractivity contribution in [3.63, 3.8) is 0 Å². The van der Waals surface area contributed by atoms with Crippen molar-refractivity contribution in [2.24, 2.45) is 0 Å². The standard InChI is InChI=1S/C26H30N4O2/c31-24-8-12-28(13-9-24)16-17-30-26-7-6-23(18-22(26)19-27-30)29-14-10-25(11-15-29)32-20-21-4-2-1-3-5-21/h1-7,10-11,14,18-19,24,31H,8-9,12-13,15-17,20H2. The molecule has 3 heterocycles. The van der Waals surface area contributed by atoms with Gasteiger partial charge in [0.1, 0.15) is 12.4 Å². The Bertz CT molecular complexity index is 1100. The molecular formula is C26H30N4O2. The van der Waals surface area contributed by atoms with Crippen molar-refractivity contribution in [2.45, 2.75) is 32.1 Å². The highest BCUT2D eigenvalue weighted by molar-refractivity contribution is 5.83. The summed E-state index contributed by atoms with van der Waals surface area (Å²) in [7, 11) is 0. The van der Waals surface area contributed by atoms with E-state index < -0.39 is 0 Å². The van der Waals surface area contributed by atoms with Gasteiger partial charge in [0, 0.05) is 43.5 Å². The van der Waals surface area contributed by atoms with E-state index in [1.165, 1.54) is 5.56 Å². The van der Waals surface area contributed by atoms with Gasteiger partial charge in [0.2, 0.25) is 0 Å². The van der Waals surface area contributed by atoms with Gasteiger partial charge in [0.15, 0.2) is 0 Å². The average molecular weight is 431 g/mol. The van der Waals surface area contributed by atoms with Crippen molar-refractivity contribution in [3.8, 4) is 0 Å². The number of allylic oxidation sites excluding steroid dienone is 1. The first kappa shape index (κ1) is 20.8. The van der Waals surface area contributed by atoms with Gasteiger partial charge in [0.05, 0.1) is 24.4 Å². The number of benzene rings is 2. The van der Waals surface area contributed by atoms with Gasteiger partial charge >= 0.3 is 0 Å². The lowest BCUT2D eigenvalue weighted by atomic mass is 10.1. The van der Waals surface area contributed by atoms with Crippen LogP contribution in [0, 0.1) is 0 Å². The molecule has 2 aliphatic heterocycles. The highest BCUT2D eigenvalue weighted by atomic mass is 16.5. The predicted octanol–water partition coefficient (Wildman–Crippen LogP) is 3.93. The molecule has 2 aliphatic rings. The topological polar surface area (TPSA) is 53.8 Å². The van der Waals surface area contributed by atoms with Crippen LogP contribution in [0.2, 0.25) is 0 Å². The van der Waals surface area contributed by atoms with Crippen LogP contribution in [0.1, 0.15) is 18.4 Å². The Morgan fingerprint density at radius 3 is 2.66 bits per heavy atom. The van der Waals surface area contributed by atoms with Crippen LogP contribution in [0.3, 0.4) is 0 Å². The van der Waals surface area contributed by atoms with Crippen molar-refractivity contribution in [1.82, 2.24) is 14.7 Å². The van der Waals surface area contributed by atoms with Gasteiger partial charge in [0.25, 0.3) is 0 Å². The van der Waals surface area contributed by atoms with Crippen molar-refractivity contribution in [1.29, 1.82) is 0 Å². The molecule has 0 aliphatic carbocycles. The summed E-state index contributed by atoms with van der Waals surface area (Å²) < 4.78 is 8.01. The Hall–Kier alpha value is -3.09. The van der Waals surface area contributed by atoms with Crippen LogP contribution >= 0.6 is 0 Å². The molecule has 32 heavy (non-hydrogen) atoms. The van der Waals surface area contributed by atoms with Gasteiger partial charge in [-0.3, -0.25) is 4.68 Å². The number of nitrogens with zero attached hydrogens (tertiary/aromatic N) is 4. The minimum Gasteiger partial charge on any atom is -0.489 e. The lowest BCUT2D eigenvalue weighted by Gasteiger charge is -2.29. The number of hydrogen-bond donors (Lipinski definition) is 1. The smallest absolute Gasteiger partial charge is 0.119 e. The maximum Gasteiger partial charge on any atom is 0.119 e. The summed E-state index contributed by atoms with van der Waals surface area (Å²) in [5.41, 5.74) is 3.48. The van der Waals surface area contributed by atoms with E-state index in [0.29, 0.717) is 6.61 Å². The Labute approximate surface area is 189 Å². The van der Waals surface area contributed by atoms with Crippen molar-refractivity contribution in [3.05, 3.63) is 84.4 Å². The minimum absolute atomic E-state index is 0.125. The first-order valence-electron chi connectivity index (χ1n) is 11.4. The highest BCUT2D eigenvalue weighted by Gasteiger charge is 2.17. The van der Waals surface area contributed by atoms with Crippen LogP contribution in [0.25, 0.3) is 10.9 Å². The Morgan fingerprint density at radius 1 is 1.03 bits per heavy atom. The second kappa shape index (κ2) is 9.59. The van der Waals surface area contributed by atoms with E-state index in [9.17, 15) is 5.11 Å². The minimum atomic E-state index is -0.125. The molecule has 0 spiro atoms. The average Bonchev–Trinajstić information content (AvgIpc) is 3.26. The van der Waals surface area contributed by atoms with Crippen LogP contribution in [0.15, 0.2) is 78.8 Å². The molecule has 0 atom stereocenters.